The van der Waals surface area contributed by atoms with Gasteiger partial charge in [0.1, 0.15) is 5.84 Å². The van der Waals surface area contributed by atoms with Crippen LogP contribution in [0.1, 0.15) is 22.3 Å². The highest BCUT2D eigenvalue weighted by Crippen LogP contribution is 2.32. The Morgan fingerprint density at radius 2 is 1.16 bits per heavy atom. The van der Waals surface area contributed by atoms with Gasteiger partial charge in [-0.25, -0.2) is 4.99 Å². The first kappa shape index (κ1) is 29.1. The maximum atomic E-state index is 6.41. The molecule has 45 heavy (non-hydrogen) atoms. The molecule has 0 aliphatic carbocycles. The minimum absolute atomic E-state index is 0.434. The summed E-state index contributed by atoms with van der Waals surface area (Å²) in [5.74, 6) is 1.03. The maximum absolute atomic E-state index is 6.41. The van der Waals surface area contributed by atoms with Crippen molar-refractivity contribution in [3.8, 4) is 11.1 Å². The zero-order valence-electron chi connectivity index (χ0n) is 25.0. The van der Waals surface area contributed by atoms with Crippen LogP contribution in [0, 0.1) is 0 Å². The van der Waals surface area contributed by atoms with Crippen LogP contribution in [-0.2, 0) is 13.1 Å². The van der Waals surface area contributed by atoms with Gasteiger partial charge in [0, 0.05) is 23.4 Å². The molecule has 0 radical (unpaired) electrons. The van der Waals surface area contributed by atoms with Crippen LogP contribution in [0.2, 0.25) is 0 Å². The SMILES string of the molecule is NC(=NC(=NCc1ccccc1-c1ccc(CN(c2ccccc2)c2ccccc2N)cc1)c1ccccc1)c1ccccc1. The van der Waals surface area contributed by atoms with E-state index in [1.165, 1.54) is 5.56 Å². The average Bonchev–Trinajstić information content (AvgIpc) is 3.11. The molecule has 0 unspecified atom stereocenters. The van der Waals surface area contributed by atoms with Crippen LogP contribution in [0.15, 0.2) is 174 Å². The number of para-hydroxylation sites is 3. The van der Waals surface area contributed by atoms with Crippen molar-refractivity contribution in [1.82, 2.24) is 0 Å². The lowest BCUT2D eigenvalue weighted by Gasteiger charge is -2.26. The summed E-state index contributed by atoms with van der Waals surface area (Å²) in [7, 11) is 0. The molecular formula is C40H35N5. The van der Waals surface area contributed by atoms with Gasteiger partial charge in [0.15, 0.2) is 5.84 Å². The third-order valence-corrected chi connectivity index (χ3v) is 7.65. The van der Waals surface area contributed by atoms with Crippen molar-refractivity contribution in [3.63, 3.8) is 0 Å². The van der Waals surface area contributed by atoms with E-state index in [-0.39, 0.29) is 0 Å². The van der Waals surface area contributed by atoms with Crippen molar-refractivity contribution in [1.29, 1.82) is 0 Å². The molecule has 0 aliphatic rings. The van der Waals surface area contributed by atoms with Crippen molar-refractivity contribution in [3.05, 3.63) is 186 Å². The molecule has 0 atom stereocenters. The zero-order chi connectivity index (χ0) is 30.8. The van der Waals surface area contributed by atoms with Gasteiger partial charge in [0.05, 0.1) is 17.9 Å². The van der Waals surface area contributed by atoms with Gasteiger partial charge in [-0.1, -0.05) is 140 Å². The van der Waals surface area contributed by atoms with E-state index in [4.69, 9.17) is 21.5 Å². The highest BCUT2D eigenvalue weighted by molar-refractivity contribution is 6.10. The summed E-state index contributed by atoms with van der Waals surface area (Å²) in [6, 6.07) is 55.2. The van der Waals surface area contributed by atoms with E-state index in [1.807, 2.05) is 84.9 Å². The molecule has 0 bridgehead atoms. The highest BCUT2D eigenvalue weighted by atomic mass is 15.1. The Labute approximate surface area is 264 Å². The van der Waals surface area contributed by atoms with Gasteiger partial charge in [-0.05, 0) is 46.5 Å². The van der Waals surface area contributed by atoms with E-state index in [9.17, 15) is 0 Å². The Balaban J connectivity index is 1.28. The molecule has 0 saturated carbocycles. The van der Waals surface area contributed by atoms with Gasteiger partial charge in [-0.2, -0.15) is 0 Å². The number of amidine groups is 2. The van der Waals surface area contributed by atoms with E-state index < -0.39 is 0 Å². The molecule has 0 aromatic heterocycles. The molecule has 6 aromatic rings. The van der Waals surface area contributed by atoms with Crippen LogP contribution >= 0.6 is 0 Å². The number of nitrogens with two attached hydrogens (primary N) is 2. The van der Waals surface area contributed by atoms with Gasteiger partial charge in [0.2, 0.25) is 0 Å². The lowest BCUT2D eigenvalue weighted by molar-refractivity contribution is 0.977. The zero-order valence-corrected chi connectivity index (χ0v) is 25.0. The second-order valence-electron chi connectivity index (χ2n) is 10.7. The summed E-state index contributed by atoms with van der Waals surface area (Å²) in [4.78, 5) is 12.0. The first-order valence-electron chi connectivity index (χ1n) is 15.0. The summed E-state index contributed by atoms with van der Waals surface area (Å²) in [5.41, 5.74) is 22.0. The third-order valence-electron chi connectivity index (χ3n) is 7.65. The molecule has 0 fully saturated rings. The highest BCUT2D eigenvalue weighted by Gasteiger charge is 2.13. The molecule has 6 aromatic carbocycles. The molecule has 0 spiro atoms. The second kappa shape index (κ2) is 14.0. The predicted octanol–water partition coefficient (Wildman–Crippen LogP) is 8.63. The summed E-state index contributed by atoms with van der Waals surface area (Å²) < 4.78 is 0. The average molecular weight is 586 g/mol. The van der Waals surface area contributed by atoms with Crippen LogP contribution < -0.4 is 16.4 Å². The monoisotopic (exact) mass is 585 g/mol. The van der Waals surface area contributed by atoms with Crippen LogP contribution in [0.3, 0.4) is 0 Å². The number of hydrogen-bond acceptors (Lipinski definition) is 3. The summed E-state index contributed by atoms with van der Waals surface area (Å²) in [6.45, 7) is 1.15. The summed E-state index contributed by atoms with van der Waals surface area (Å²) in [5, 5.41) is 0. The molecule has 0 saturated heterocycles. The van der Waals surface area contributed by atoms with Gasteiger partial charge in [-0.3, -0.25) is 4.99 Å². The fourth-order valence-electron chi connectivity index (χ4n) is 5.29. The lowest BCUT2D eigenvalue weighted by atomic mass is 9.98. The quantitative estimate of drug-likeness (QED) is 0.101. The number of benzene rings is 6. The lowest BCUT2D eigenvalue weighted by Crippen LogP contribution is -2.17. The minimum Gasteiger partial charge on any atom is -0.397 e. The number of aliphatic imine (C=N–C) groups is 2. The van der Waals surface area contributed by atoms with Crippen molar-refractivity contribution >= 4 is 28.7 Å². The number of nitrogen functional groups attached to an aromatic ring is 1. The standard InChI is InChI=1S/C40H35N5/c41-37-22-12-13-23-38(37)45(35-19-8-3-9-20-35)29-30-24-26-31(27-25-30)36-21-11-10-18-34(36)28-43-40(33-16-6-2-7-17-33)44-39(42)32-14-4-1-5-15-32/h1-27H,28-29,41H2,(H2,42,43,44). The Kier molecular flexibility index (Phi) is 9.08. The fraction of sp³-hybridized carbons (Fsp3) is 0.0500. The molecule has 6 rings (SSSR count). The topological polar surface area (TPSA) is 80.0 Å². The fourth-order valence-corrected chi connectivity index (χ4v) is 5.29. The van der Waals surface area contributed by atoms with E-state index in [1.54, 1.807) is 0 Å². The minimum atomic E-state index is 0.434. The largest absolute Gasteiger partial charge is 0.397 e. The van der Waals surface area contributed by atoms with E-state index in [2.05, 4.69) is 83.8 Å². The van der Waals surface area contributed by atoms with Gasteiger partial charge >= 0.3 is 0 Å². The molecule has 220 valence electrons. The third kappa shape index (κ3) is 7.17. The first-order valence-corrected chi connectivity index (χ1v) is 15.0. The molecule has 0 heterocycles. The van der Waals surface area contributed by atoms with Crippen LogP contribution in [-0.4, -0.2) is 11.7 Å². The van der Waals surface area contributed by atoms with Crippen molar-refractivity contribution in [2.45, 2.75) is 13.1 Å². The van der Waals surface area contributed by atoms with Gasteiger partial charge in [-0.15, -0.1) is 0 Å². The Hall–Kier alpha value is -5.94. The van der Waals surface area contributed by atoms with Gasteiger partial charge in [0.25, 0.3) is 0 Å². The van der Waals surface area contributed by atoms with Crippen molar-refractivity contribution in [2.24, 2.45) is 15.7 Å². The summed E-state index contributed by atoms with van der Waals surface area (Å²) >= 11 is 0. The Bertz CT molecular complexity index is 1900. The second-order valence-corrected chi connectivity index (χ2v) is 10.7. The molecule has 0 aliphatic heterocycles. The van der Waals surface area contributed by atoms with Crippen molar-refractivity contribution < 1.29 is 0 Å². The maximum Gasteiger partial charge on any atom is 0.157 e. The number of anilines is 3. The van der Waals surface area contributed by atoms with E-state index in [0.717, 1.165) is 44.9 Å². The van der Waals surface area contributed by atoms with Crippen LogP contribution in [0.5, 0.6) is 0 Å². The molecule has 5 heteroatoms. The smallest absolute Gasteiger partial charge is 0.157 e. The van der Waals surface area contributed by atoms with Crippen LogP contribution in [0.25, 0.3) is 11.1 Å². The first-order chi connectivity index (χ1) is 22.2. The molecular weight excluding hydrogens is 550 g/mol. The number of hydrogen-bond donors (Lipinski definition) is 2. The van der Waals surface area contributed by atoms with Crippen LogP contribution in [0.4, 0.5) is 17.1 Å². The molecule has 5 nitrogen and oxygen atoms in total. The molecule has 4 N–H and O–H groups in total. The summed E-state index contributed by atoms with van der Waals surface area (Å²) in [6.07, 6.45) is 0. The molecule has 0 amide bonds. The van der Waals surface area contributed by atoms with Crippen molar-refractivity contribution in [2.75, 3.05) is 10.6 Å². The van der Waals surface area contributed by atoms with Gasteiger partial charge < -0.3 is 16.4 Å². The number of rotatable bonds is 9. The Morgan fingerprint density at radius 3 is 1.84 bits per heavy atom. The Morgan fingerprint density at radius 1 is 0.578 bits per heavy atom. The normalized spacial score (nSPS) is 11.7. The predicted molar refractivity (Wildman–Crippen MR) is 189 cm³/mol. The van der Waals surface area contributed by atoms with E-state index >= 15 is 0 Å². The number of nitrogens with zero attached hydrogens (tertiary/aromatic N) is 3. The van der Waals surface area contributed by atoms with E-state index in [0.29, 0.717) is 24.8 Å².